The van der Waals surface area contributed by atoms with Gasteiger partial charge in [0.05, 0.1) is 11.6 Å². The number of pyridine rings is 1. The van der Waals surface area contributed by atoms with Gasteiger partial charge in [-0.25, -0.2) is 4.98 Å². The van der Waals surface area contributed by atoms with E-state index in [0.29, 0.717) is 4.47 Å². The van der Waals surface area contributed by atoms with Crippen molar-refractivity contribution in [1.82, 2.24) is 4.98 Å². The number of hydrogen-bond acceptors (Lipinski definition) is 3. The minimum atomic E-state index is -4.45. The Hall–Kier alpha value is -1.08. The summed E-state index contributed by atoms with van der Waals surface area (Å²) in [7, 11) is 0. The van der Waals surface area contributed by atoms with E-state index in [1.165, 1.54) is 17.5 Å². The third-order valence-electron chi connectivity index (χ3n) is 2.97. The van der Waals surface area contributed by atoms with Crippen LogP contribution in [-0.4, -0.2) is 4.98 Å². The number of anilines is 1. The summed E-state index contributed by atoms with van der Waals surface area (Å²) in [6.07, 6.45) is -3.08. The average molecular weight is 379 g/mol. The predicted molar refractivity (Wildman–Crippen MR) is 82.5 cm³/mol. The van der Waals surface area contributed by atoms with E-state index >= 15 is 0 Å². The van der Waals surface area contributed by atoms with E-state index in [4.69, 9.17) is 0 Å². The number of nitrogens with one attached hydrogen (secondary N) is 1. The lowest BCUT2D eigenvalue weighted by Gasteiger charge is -2.24. The fourth-order valence-corrected chi connectivity index (χ4v) is 3.23. The van der Waals surface area contributed by atoms with Crippen molar-refractivity contribution in [3.63, 3.8) is 0 Å². The van der Waals surface area contributed by atoms with Gasteiger partial charge in [0.2, 0.25) is 0 Å². The first-order valence-corrected chi connectivity index (χ1v) is 7.99. The molecule has 0 aliphatic heterocycles. The van der Waals surface area contributed by atoms with Crippen LogP contribution >= 0.6 is 27.3 Å². The first-order chi connectivity index (χ1) is 9.79. The molecule has 0 aliphatic rings. The van der Waals surface area contributed by atoms with Gasteiger partial charge in [-0.05, 0) is 39.4 Å². The molecule has 1 unspecified atom stereocenters. The molecule has 2 aromatic rings. The second-order valence-electron chi connectivity index (χ2n) is 4.93. The highest BCUT2D eigenvalue weighted by Gasteiger charge is 2.35. The number of alkyl halides is 3. The molecule has 0 bridgehead atoms. The van der Waals surface area contributed by atoms with E-state index in [2.05, 4.69) is 26.2 Å². The summed E-state index contributed by atoms with van der Waals surface area (Å²) in [5.41, 5.74) is -0.765. The average Bonchev–Trinajstić information content (AvgIpc) is 2.89. The monoisotopic (exact) mass is 378 g/mol. The molecule has 1 atom stereocenters. The van der Waals surface area contributed by atoms with Crippen molar-refractivity contribution in [2.24, 2.45) is 5.92 Å². The summed E-state index contributed by atoms with van der Waals surface area (Å²) < 4.78 is 39.7. The van der Waals surface area contributed by atoms with Crippen molar-refractivity contribution in [3.8, 4) is 0 Å². The number of hydrogen-bond donors (Lipinski definition) is 1. The van der Waals surface area contributed by atoms with Gasteiger partial charge in [0.25, 0.3) is 0 Å². The van der Waals surface area contributed by atoms with Crippen LogP contribution in [0.1, 0.15) is 30.3 Å². The first-order valence-electron chi connectivity index (χ1n) is 6.31. The van der Waals surface area contributed by atoms with Crippen molar-refractivity contribution >= 4 is 33.1 Å². The fraction of sp³-hybridized carbons (Fsp3) is 0.357. The van der Waals surface area contributed by atoms with E-state index in [0.717, 1.165) is 10.9 Å². The molecular weight excluding hydrogens is 365 g/mol. The van der Waals surface area contributed by atoms with Gasteiger partial charge in [-0.1, -0.05) is 19.9 Å². The van der Waals surface area contributed by atoms with Crippen LogP contribution in [0.5, 0.6) is 0 Å². The van der Waals surface area contributed by atoms with Gasteiger partial charge < -0.3 is 5.32 Å². The van der Waals surface area contributed by atoms with E-state index in [1.54, 1.807) is 0 Å². The number of nitrogens with zero attached hydrogens (tertiary/aromatic N) is 1. The molecule has 114 valence electrons. The van der Waals surface area contributed by atoms with Crippen molar-refractivity contribution < 1.29 is 13.2 Å². The Labute approximate surface area is 133 Å². The van der Waals surface area contributed by atoms with Gasteiger partial charge in [0.15, 0.2) is 0 Å². The molecule has 2 nitrogen and oxygen atoms in total. The van der Waals surface area contributed by atoms with Crippen LogP contribution in [0.15, 0.2) is 34.2 Å². The zero-order valence-electron chi connectivity index (χ0n) is 11.4. The van der Waals surface area contributed by atoms with Crippen LogP contribution in [0.3, 0.4) is 0 Å². The van der Waals surface area contributed by atoms with Gasteiger partial charge in [-0.15, -0.1) is 11.3 Å². The topological polar surface area (TPSA) is 24.9 Å². The second kappa shape index (κ2) is 6.36. The summed E-state index contributed by atoms with van der Waals surface area (Å²) in [5, 5.41) is 4.85. The fourth-order valence-electron chi connectivity index (χ4n) is 1.95. The highest BCUT2D eigenvalue weighted by atomic mass is 79.9. The highest BCUT2D eigenvalue weighted by Crippen LogP contribution is 2.38. The molecule has 1 N–H and O–H groups in total. The molecule has 0 aromatic carbocycles. The van der Waals surface area contributed by atoms with Crippen molar-refractivity contribution in [3.05, 3.63) is 44.7 Å². The molecule has 0 amide bonds. The molecule has 2 aromatic heterocycles. The predicted octanol–water partition coefficient (Wildman–Crippen LogP) is 5.73. The van der Waals surface area contributed by atoms with Crippen molar-refractivity contribution in [2.45, 2.75) is 26.1 Å². The molecule has 0 radical (unpaired) electrons. The van der Waals surface area contributed by atoms with Gasteiger partial charge in [-0.3, -0.25) is 0 Å². The van der Waals surface area contributed by atoms with Crippen LogP contribution in [-0.2, 0) is 6.18 Å². The molecule has 0 saturated heterocycles. The quantitative estimate of drug-likeness (QED) is 0.734. The zero-order chi connectivity index (χ0) is 15.6. The SMILES string of the molecule is CC(C)C(Nc1ncc(Br)cc1C(F)(F)F)c1cccs1. The lowest BCUT2D eigenvalue weighted by Crippen LogP contribution is -2.19. The smallest absolute Gasteiger partial charge is 0.362 e. The maximum atomic E-state index is 13.1. The summed E-state index contributed by atoms with van der Waals surface area (Å²) >= 11 is 4.55. The van der Waals surface area contributed by atoms with Crippen LogP contribution in [0.2, 0.25) is 0 Å². The van der Waals surface area contributed by atoms with E-state index in [-0.39, 0.29) is 17.8 Å². The zero-order valence-corrected chi connectivity index (χ0v) is 13.8. The van der Waals surface area contributed by atoms with Crippen LogP contribution < -0.4 is 5.32 Å². The van der Waals surface area contributed by atoms with Crippen LogP contribution in [0.25, 0.3) is 0 Å². The Kier molecular flexibility index (Phi) is 4.93. The first kappa shape index (κ1) is 16.3. The molecule has 7 heteroatoms. The minimum Gasteiger partial charge on any atom is -0.362 e. The Morgan fingerprint density at radius 1 is 1.33 bits per heavy atom. The third-order valence-corrected chi connectivity index (χ3v) is 4.36. The number of halogens is 4. The summed E-state index contributed by atoms with van der Waals surface area (Å²) in [6.45, 7) is 3.92. The van der Waals surface area contributed by atoms with Crippen LogP contribution in [0.4, 0.5) is 19.0 Å². The lowest BCUT2D eigenvalue weighted by atomic mass is 10.0. The molecule has 2 rings (SSSR count). The molecule has 0 aliphatic carbocycles. The Morgan fingerprint density at radius 2 is 2.05 bits per heavy atom. The second-order valence-corrected chi connectivity index (χ2v) is 6.82. The minimum absolute atomic E-state index is 0.134. The van der Waals surface area contributed by atoms with Crippen molar-refractivity contribution in [1.29, 1.82) is 0 Å². The van der Waals surface area contributed by atoms with Crippen LogP contribution in [0, 0.1) is 5.92 Å². The van der Waals surface area contributed by atoms with Gasteiger partial charge in [-0.2, -0.15) is 13.2 Å². The summed E-state index contributed by atoms with van der Waals surface area (Å²) in [5.74, 6) is -0.00650. The van der Waals surface area contributed by atoms with Crippen molar-refractivity contribution in [2.75, 3.05) is 5.32 Å². The third kappa shape index (κ3) is 3.97. The van der Waals surface area contributed by atoms with Gasteiger partial charge in [0.1, 0.15) is 5.82 Å². The lowest BCUT2D eigenvalue weighted by molar-refractivity contribution is -0.137. The Morgan fingerprint density at radius 3 is 2.57 bits per heavy atom. The molecule has 2 heterocycles. The summed E-state index contributed by atoms with van der Waals surface area (Å²) in [4.78, 5) is 4.89. The Bertz CT molecular complexity index is 597. The summed E-state index contributed by atoms with van der Waals surface area (Å²) in [6, 6.07) is 4.63. The van der Waals surface area contributed by atoms with Gasteiger partial charge in [0, 0.05) is 15.5 Å². The van der Waals surface area contributed by atoms with E-state index in [1.807, 2.05) is 31.4 Å². The number of thiophene rings is 1. The Balaban J connectivity index is 2.38. The standard InChI is InChI=1S/C14H14BrF3N2S/c1-8(2)12(11-4-3-5-21-11)20-13-10(14(16,17)18)6-9(15)7-19-13/h3-8,12H,1-2H3,(H,19,20). The number of aromatic nitrogens is 1. The molecule has 21 heavy (non-hydrogen) atoms. The maximum absolute atomic E-state index is 13.1. The maximum Gasteiger partial charge on any atom is 0.419 e. The molecule has 0 fully saturated rings. The largest absolute Gasteiger partial charge is 0.419 e. The molecule has 0 saturated carbocycles. The van der Waals surface area contributed by atoms with E-state index in [9.17, 15) is 13.2 Å². The number of rotatable bonds is 4. The molecule has 0 spiro atoms. The normalized spacial score (nSPS) is 13.5. The van der Waals surface area contributed by atoms with Gasteiger partial charge >= 0.3 is 6.18 Å². The van der Waals surface area contributed by atoms with E-state index < -0.39 is 11.7 Å². The molecular formula is C14H14BrF3N2S. The highest BCUT2D eigenvalue weighted by molar-refractivity contribution is 9.10.